The van der Waals surface area contributed by atoms with Crippen molar-refractivity contribution in [1.82, 2.24) is 9.80 Å². The Hall–Kier alpha value is -1.46. The minimum atomic E-state index is -0.735. The molecule has 1 fully saturated rings. The van der Waals surface area contributed by atoms with E-state index in [0.717, 1.165) is 13.1 Å². The van der Waals surface area contributed by atoms with E-state index in [1.54, 1.807) is 12.1 Å². The zero-order valence-electron chi connectivity index (χ0n) is 12.7. The summed E-state index contributed by atoms with van der Waals surface area (Å²) in [5, 5.41) is 8.94. The number of aliphatic hydroxyl groups excluding tert-OH is 1. The van der Waals surface area contributed by atoms with Gasteiger partial charge in [0, 0.05) is 32.7 Å². The predicted octanol–water partition coefficient (Wildman–Crippen LogP) is 1.24. The molecule has 116 valence electrons. The summed E-state index contributed by atoms with van der Waals surface area (Å²) in [5.74, 6) is -0.294. The van der Waals surface area contributed by atoms with Crippen LogP contribution in [0.3, 0.4) is 0 Å². The Kier molecular flexibility index (Phi) is 4.96. The van der Waals surface area contributed by atoms with Crippen LogP contribution in [0.25, 0.3) is 0 Å². The molecule has 2 rings (SSSR count). The highest BCUT2D eigenvalue weighted by molar-refractivity contribution is 5.87. The quantitative estimate of drug-likeness (QED) is 0.908. The molecule has 1 N–H and O–H groups in total. The third-order valence-corrected chi connectivity index (χ3v) is 4.16. The average molecular weight is 294 g/mol. The third kappa shape index (κ3) is 3.60. The molecule has 0 bridgehead atoms. The van der Waals surface area contributed by atoms with Gasteiger partial charge in [0.2, 0.25) is 5.91 Å². The molecule has 0 atom stereocenters. The van der Waals surface area contributed by atoms with Crippen LogP contribution in [0.15, 0.2) is 24.3 Å². The summed E-state index contributed by atoms with van der Waals surface area (Å²) in [4.78, 5) is 16.7. The van der Waals surface area contributed by atoms with Crippen molar-refractivity contribution in [2.75, 3.05) is 39.3 Å². The topological polar surface area (TPSA) is 43.8 Å². The second-order valence-electron chi connectivity index (χ2n) is 5.99. The molecule has 0 spiro atoms. The van der Waals surface area contributed by atoms with E-state index in [9.17, 15) is 9.18 Å². The summed E-state index contributed by atoms with van der Waals surface area (Å²) < 4.78 is 13.4. The van der Waals surface area contributed by atoms with Crippen molar-refractivity contribution in [1.29, 1.82) is 0 Å². The van der Waals surface area contributed by atoms with Gasteiger partial charge < -0.3 is 10.0 Å². The van der Waals surface area contributed by atoms with E-state index >= 15 is 0 Å². The first-order valence-corrected chi connectivity index (χ1v) is 7.34. The van der Waals surface area contributed by atoms with Crippen molar-refractivity contribution in [3.63, 3.8) is 0 Å². The molecule has 4 nitrogen and oxygen atoms in total. The van der Waals surface area contributed by atoms with Gasteiger partial charge in [-0.25, -0.2) is 4.39 Å². The number of benzene rings is 1. The number of aliphatic hydroxyl groups is 1. The van der Waals surface area contributed by atoms with E-state index in [1.165, 1.54) is 12.1 Å². The largest absolute Gasteiger partial charge is 0.395 e. The van der Waals surface area contributed by atoms with E-state index in [-0.39, 0.29) is 18.3 Å². The van der Waals surface area contributed by atoms with Crippen LogP contribution in [0.5, 0.6) is 0 Å². The number of carbonyl (C=O) groups is 1. The van der Waals surface area contributed by atoms with Crippen LogP contribution >= 0.6 is 0 Å². The van der Waals surface area contributed by atoms with E-state index in [1.807, 2.05) is 18.7 Å². The van der Waals surface area contributed by atoms with E-state index < -0.39 is 5.41 Å². The zero-order chi connectivity index (χ0) is 15.5. The SMILES string of the molecule is CC(C)(C(=O)N1CCN(CCO)CC1)c1cccc(F)c1. The van der Waals surface area contributed by atoms with Gasteiger partial charge >= 0.3 is 0 Å². The first-order chi connectivity index (χ1) is 9.95. The molecule has 1 aliphatic rings. The molecule has 1 heterocycles. The lowest BCUT2D eigenvalue weighted by Crippen LogP contribution is -2.53. The molecule has 5 heteroatoms. The van der Waals surface area contributed by atoms with Crippen molar-refractivity contribution in [3.05, 3.63) is 35.6 Å². The lowest BCUT2D eigenvalue weighted by atomic mass is 9.83. The molecule has 0 saturated carbocycles. The minimum Gasteiger partial charge on any atom is -0.395 e. The average Bonchev–Trinajstić information content (AvgIpc) is 2.47. The van der Waals surface area contributed by atoms with Gasteiger partial charge in [0.05, 0.1) is 12.0 Å². The Morgan fingerprint density at radius 3 is 2.52 bits per heavy atom. The maximum absolute atomic E-state index is 13.4. The second-order valence-corrected chi connectivity index (χ2v) is 5.99. The summed E-state index contributed by atoms with van der Waals surface area (Å²) >= 11 is 0. The molecule has 1 aromatic carbocycles. The number of hydrogen-bond acceptors (Lipinski definition) is 3. The van der Waals surface area contributed by atoms with Gasteiger partial charge in [-0.1, -0.05) is 12.1 Å². The van der Waals surface area contributed by atoms with Crippen molar-refractivity contribution in [2.45, 2.75) is 19.3 Å². The fourth-order valence-corrected chi connectivity index (χ4v) is 2.71. The fraction of sp³-hybridized carbons (Fsp3) is 0.562. The van der Waals surface area contributed by atoms with Gasteiger partial charge in [-0.2, -0.15) is 0 Å². The lowest BCUT2D eigenvalue weighted by molar-refractivity contribution is -0.138. The molecule has 1 saturated heterocycles. The van der Waals surface area contributed by atoms with Gasteiger partial charge in [0.25, 0.3) is 0 Å². The zero-order valence-corrected chi connectivity index (χ0v) is 12.7. The van der Waals surface area contributed by atoms with Crippen LogP contribution in [-0.4, -0.2) is 60.1 Å². The summed E-state index contributed by atoms with van der Waals surface area (Å²) in [6.45, 7) is 7.30. The molecule has 0 unspecified atom stereocenters. The maximum Gasteiger partial charge on any atom is 0.232 e. The normalized spacial score (nSPS) is 17.0. The van der Waals surface area contributed by atoms with Crippen LogP contribution in [0.1, 0.15) is 19.4 Å². The van der Waals surface area contributed by atoms with E-state index in [2.05, 4.69) is 4.90 Å². The number of β-amino-alcohol motifs (C(OH)–C–C–N with tert-alkyl or cyclic N) is 1. The maximum atomic E-state index is 13.4. The second kappa shape index (κ2) is 6.54. The number of nitrogens with zero attached hydrogens (tertiary/aromatic N) is 2. The van der Waals surface area contributed by atoms with Crippen LogP contribution in [-0.2, 0) is 10.2 Å². The predicted molar refractivity (Wildman–Crippen MR) is 79.5 cm³/mol. The van der Waals surface area contributed by atoms with Crippen LogP contribution < -0.4 is 0 Å². The van der Waals surface area contributed by atoms with Gasteiger partial charge in [-0.15, -0.1) is 0 Å². The highest BCUT2D eigenvalue weighted by atomic mass is 19.1. The van der Waals surface area contributed by atoms with Crippen molar-refractivity contribution < 1.29 is 14.3 Å². The van der Waals surface area contributed by atoms with Crippen LogP contribution in [0.4, 0.5) is 4.39 Å². The van der Waals surface area contributed by atoms with E-state index in [4.69, 9.17) is 5.11 Å². The number of carbonyl (C=O) groups excluding carboxylic acids is 1. The Balaban J connectivity index is 2.05. The minimum absolute atomic E-state index is 0.0248. The summed E-state index contributed by atoms with van der Waals surface area (Å²) in [5.41, 5.74) is -0.0355. The van der Waals surface area contributed by atoms with Gasteiger partial charge in [0.1, 0.15) is 5.82 Å². The molecular formula is C16H23FN2O2. The Morgan fingerprint density at radius 2 is 1.95 bits per heavy atom. The Bertz CT molecular complexity index is 497. The number of rotatable bonds is 4. The molecule has 0 aliphatic carbocycles. The summed E-state index contributed by atoms with van der Waals surface area (Å²) in [6.07, 6.45) is 0. The first kappa shape index (κ1) is 15.9. The highest BCUT2D eigenvalue weighted by Crippen LogP contribution is 2.26. The number of amides is 1. The number of hydrogen-bond donors (Lipinski definition) is 1. The summed E-state index contributed by atoms with van der Waals surface area (Å²) in [6, 6.07) is 6.25. The number of piperazine rings is 1. The van der Waals surface area contributed by atoms with E-state index in [0.29, 0.717) is 25.2 Å². The highest BCUT2D eigenvalue weighted by Gasteiger charge is 2.35. The molecule has 21 heavy (non-hydrogen) atoms. The molecular weight excluding hydrogens is 271 g/mol. The third-order valence-electron chi connectivity index (χ3n) is 4.16. The van der Waals surface area contributed by atoms with Crippen LogP contribution in [0, 0.1) is 5.82 Å². The van der Waals surface area contributed by atoms with Crippen molar-refractivity contribution in [2.24, 2.45) is 0 Å². The Labute approximate surface area is 125 Å². The van der Waals surface area contributed by atoms with Gasteiger partial charge in [0.15, 0.2) is 0 Å². The molecule has 0 radical (unpaired) electrons. The monoisotopic (exact) mass is 294 g/mol. The van der Waals surface area contributed by atoms with Crippen molar-refractivity contribution in [3.8, 4) is 0 Å². The molecule has 0 aromatic heterocycles. The molecule has 1 amide bonds. The smallest absolute Gasteiger partial charge is 0.232 e. The van der Waals surface area contributed by atoms with Crippen molar-refractivity contribution >= 4 is 5.91 Å². The first-order valence-electron chi connectivity index (χ1n) is 7.34. The summed E-state index contributed by atoms with van der Waals surface area (Å²) in [7, 11) is 0. The number of halogens is 1. The van der Waals surface area contributed by atoms with Gasteiger partial charge in [-0.05, 0) is 31.5 Å². The molecule has 1 aromatic rings. The lowest BCUT2D eigenvalue weighted by Gasteiger charge is -2.38. The van der Waals surface area contributed by atoms with Crippen LogP contribution in [0.2, 0.25) is 0 Å². The standard InChI is InChI=1S/C16H23FN2O2/c1-16(2,13-4-3-5-14(17)12-13)15(21)19-8-6-18(7-9-19)10-11-20/h3-5,12,20H,6-11H2,1-2H3. The van der Waals surface area contributed by atoms with Gasteiger partial charge in [-0.3, -0.25) is 9.69 Å². The fourth-order valence-electron chi connectivity index (χ4n) is 2.71. The Morgan fingerprint density at radius 1 is 1.29 bits per heavy atom. The molecule has 1 aliphatic heterocycles.